The summed E-state index contributed by atoms with van der Waals surface area (Å²) in [5, 5.41) is 14.6. The summed E-state index contributed by atoms with van der Waals surface area (Å²) in [4.78, 5) is 8.51. The number of benzene rings is 2. The Hall–Kier alpha value is -3.72. The Labute approximate surface area is 144 Å². The molecular weight excluding hydrogens is 312 g/mol. The van der Waals surface area contributed by atoms with Gasteiger partial charge in [0.15, 0.2) is 5.82 Å². The largest absolute Gasteiger partial charge is 0.382 e. The minimum Gasteiger partial charge on any atom is -0.382 e. The van der Waals surface area contributed by atoms with Gasteiger partial charge in [0.2, 0.25) is 0 Å². The van der Waals surface area contributed by atoms with E-state index in [-0.39, 0.29) is 11.4 Å². The number of anilines is 1. The van der Waals surface area contributed by atoms with Crippen LogP contribution in [0.15, 0.2) is 60.8 Å². The van der Waals surface area contributed by atoms with Crippen LogP contribution in [0.25, 0.3) is 22.4 Å². The Kier molecular flexibility index (Phi) is 3.60. The number of para-hydroxylation sites is 1. The number of nitrogen functional groups attached to an aromatic ring is 1. The molecule has 2 aromatic heterocycles. The van der Waals surface area contributed by atoms with E-state index >= 15 is 0 Å². The minimum absolute atomic E-state index is 0.161. The predicted molar refractivity (Wildman–Crippen MR) is 95.4 cm³/mol. The summed E-state index contributed by atoms with van der Waals surface area (Å²) in [7, 11) is 0. The van der Waals surface area contributed by atoms with Crippen molar-refractivity contribution in [2.45, 2.75) is 6.54 Å². The second kappa shape index (κ2) is 6.06. The molecule has 0 unspecified atom stereocenters. The average Bonchev–Trinajstić information content (AvgIpc) is 3.01. The maximum absolute atomic E-state index is 8.99. The van der Waals surface area contributed by atoms with Crippen molar-refractivity contribution >= 4 is 16.7 Å². The van der Waals surface area contributed by atoms with Gasteiger partial charge >= 0.3 is 0 Å². The normalized spacial score (nSPS) is 10.7. The minimum atomic E-state index is 0.161. The lowest BCUT2D eigenvalue weighted by Gasteiger charge is -2.03. The van der Waals surface area contributed by atoms with Crippen molar-refractivity contribution in [3.8, 4) is 17.6 Å². The summed E-state index contributed by atoms with van der Waals surface area (Å²) in [5.74, 6) is 0.578. The number of hydrogen-bond donors (Lipinski definition) is 1. The molecule has 0 amide bonds. The summed E-state index contributed by atoms with van der Waals surface area (Å²) in [6, 6.07) is 20.0. The zero-order valence-electron chi connectivity index (χ0n) is 13.3. The summed E-state index contributed by atoms with van der Waals surface area (Å²) in [6.07, 6.45) is 1.43. The van der Waals surface area contributed by atoms with Crippen molar-refractivity contribution in [3.63, 3.8) is 0 Å². The number of hydrogen-bond acceptors (Lipinski definition) is 5. The van der Waals surface area contributed by atoms with Crippen LogP contribution in [0.4, 0.5) is 5.82 Å². The van der Waals surface area contributed by atoms with Gasteiger partial charge in [0, 0.05) is 5.39 Å². The van der Waals surface area contributed by atoms with E-state index < -0.39 is 0 Å². The van der Waals surface area contributed by atoms with Crippen LogP contribution < -0.4 is 5.73 Å². The molecule has 0 fully saturated rings. The third-order valence-electron chi connectivity index (χ3n) is 3.98. The smallest absolute Gasteiger partial charge is 0.182 e. The van der Waals surface area contributed by atoms with Crippen molar-refractivity contribution in [2.75, 3.05) is 5.73 Å². The third-order valence-corrected chi connectivity index (χ3v) is 3.98. The summed E-state index contributed by atoms with van der Waals surface area (Å²) >= 11 is 0. The Morgan fingerprint density at radius 3 is 2.56 bits per heavy atom. The Morgan fingerprint density at radius 2 is 1.80 bits per heavy atom. The van der Waals surface area contributed by atoms with Crippen LogP contribution in [-0.4, -0.2) is 19.7 Å². The Balaban J connectivity index is 1.85. The number of nitrogens with two attached hydrogens (primary N) is 1. The molecule has 0 aliphatic rings. The van der Waals surface area contributed by atoms with E-state index in [0.29, 0.717) is 18.1 Å². The molecule has 0 bridgehead atoms. The van der Waals surface area contributed by atoms with Crippen LogP contribution in [0.1, 0.15) is 11.1 Å². The molecule has 0 spiro atoms. The Bertz CT molecular complexity index is 1090. The highest BCUT2D eigenvalue weighted by Gasteiger charge is 2.15. The molecule has 0 saturated heterocycles. The highest BCUT2D eigenvalue weighted by atomic mass is 15.3. The standard InChI is InChI=1S/C19H14N6/c20-10-14-11-22-19(23-18(14)21)17-15-8-4-5-9-16(15)25(24-17)12-13-6-2-1-3-7-13/h1-9,11H,12H2,(H2,21,22,23). The van der Waals surface area contributed by atoms with Crippen LogP contribution in [-0.2, 0) is 6.54 Å². The van der Waals surface area contributed by atoms with Crippen LogP contribution in [0.2, 0.25) is 0 Å². The zero-order chi connectivity index (χ0) is 17.2. The molecule has 2 aromatic carbocycles. The third kappa shape index (κ3) is 2.68. The average molecular weight is 326 g/mol. The van der Waals surface area contributed by atoms with Crippen LogP contribution >= 0.6 is 0 Å². The number of nitrogens with zero attached hydrogens (tertiary/aromatic N) is 5. The molecule has 0 aliphatic heterocycles. The van der Waals surface area contributed by atoms with Crippen LogP contribution in [0.5, 0.6) is 0 Å². The maximum Gasteiger partial charge on any atom is 0.182 e. The van der Waals surface area contributed by atoms with E-state index in [0.717, 1.165) is 16.5 Å². The van der Waals surface area contributed by atoms with E-state index in [2.05, 4.69) is 22.1 Å². The fraction of sp³-hybridized carbons (Fsp3) is 0.0526. The summed E-state index contributed by atoms with van der Waals surface area (Å²) in [6.45, 7) is 0.646. The molecule has 2 N–H and O–H groups in total. The van der Waals surface area contributed by atoms with Gasteiger partial charge in [-0.15, -0.1) is 0 Å². The van der Waals surface area contributed by atoms with Gasteiger partial charge < -0.3 is 5.73 Å². The second-order valence-electron chi connectivity index (χ2n) is 5.61. The highest BCUT2D eigenvalue weighted by molar-refractivity contribution is 5.91. The molecule has 25 heavy (non-hydrogen) atoms. The van der Waals surface area contributed by atoms with Gasteiger partial charge in [0.05, 0.1) is 18.3 Å². The van der Waals surface area contributed by atoms with Crippen molar-refractivity contribution < 1.29 is 0 Å². The van der Waals surface area contributed by atoms with E-state index in [1.807, 2.05) is 53.2 Å². The van der Waals surface area contributed by atoms with E-state index in [4.69, 9.17) is 16.1 Å². The van der Waals surface area contributed by atoms with E-state index in [1.54, 1.807) is 0 Å². The molecule has 6 heteroatoms. The fourth-order valence-corrected chi connectivity index (χ4v) is 2.76. The molecule has 120 valence electrons. The predicted octanol–water partition coefficient (Wildman–Crippen LogP) is 3.00. The van der Waals surface area contributed by atoms with Crippen molar-refractivity contribution in [1.82, 2.24) is 19.7 Å². The highest BCUT2D eigenvalue weighted by Crippen LogP contribution is 2.26. The number of fused-ring (bicyclic) bond motifs is 1. The molecule has 0 radical (unpaired) electrons. The zero-order valence-corrected chi connectivity index (χ0v) is 13.3. The van der Waals surface area contributed by atoms with Gasteiger partial charge in [-0.2, -0.15) is 10.4 Å². The van der Waals surface area contributed by atoms with Gasteiger partial charge in [-0.1, -0.05) is 48.5 Å². The number of rotatable bonds is 3. The molecule has 0 aliphatic carbocycles. The van der Waals surface area contributed by atoms with Gasteiger partial charge in [-0.05, 0) is 11.6 Å². The Morgan fingerprint density at radius 1 is 1.04 bits per heavy atom. The van der Waals surface area contributed by atoms with Gasteiger partial charge in [-0.3, -0.25) is 4.68 Å². The van der Waals surface area contributed by atoms with Gasteiger partial charge in [0.1, 0.15) is 23.1 Å². The molecule has 4 rings (SSSR count). The lowest BCUT2D eigenvalue weighted by molar-refractivity contribution is 0.713. The number of aromatic nitrogens is 4. The molecular formula is C19H14N6. The van der Waals surface area contributed by atoms with Crippen molar-refractivity contribution in [3.05, 3.63) is 71.9 Å². The fourth-order valence-electron chi connectivity index (χ4n) is 2.76. The van der Waals surface area contributed by atoms with Crippen molar-refractivity contribution in [1.29, 1.82) is 5.26 Å². The van der Waals surface area contributed by atoms with Crippen molar-refractivity contribution in [2.24, 2.45) is 0 Å². The van der Waals surface area contributed by atoms with Crippen LogP contribution in [0, 0.1) is 11.3 Å². The molecule has 6 nitrogen and oxygen atoms in total. The molecule has 0 saturated carbocycles. The molecule has 2 heterocycles. The first-order valence-corrected chi connectivity index (χ1v) is 7.79. The van der Waals surface area contributed by atoms with Crippen LogP contribution in [0.3, 0.4) is 0 Å². The lowest BCUT2D eigenvalue weighted by Crippen LogP contribution is -2.03. The van der Waals surface area contributed by atoms with E-state index in [9.17, 15) is 0 Å². The summed E-state index contributed by atoms with van der Waals surface area (Å²) in [5.41, 5.74) is 8.90. The molecule has 0 atom stereocenters. The summed E-state index contributed by atoms with van der Waals surface area (Å²) < 4.78 is 1.93. The monoisotopic (exact) mass is 326 g/mol. The SMILES string of the molecule is N#Cc1cnc(-c2nn(Cc3ccccc3)c3ccccc23)nc1N. The first-order chi connectivity index (χ1) is 12.3. The van der Waals surface area contributed by atoms with Gasteiger partial charge in [-0.25, -0.2) is 9.97 Å². The number of nitriles is 1. The second-order valence-corrected chi connectivity index (χ2v) is 5.61. The quantitative estimate of drug-likeness (QED) is 0.624. The first kappa shape index (κ1) is 14.8. The topological polar surface area (TPSA) is 93.4 Å². The van der Waals surface area contributed by atoms with Gasteiger partial charge in [0.25, 0.3) is 0 Å². The molecule has 4 aromatic rings. The maximum atomic E-state index is 8.99. The van der Waals surface area contributed by atoms with E-state index in [1.165, 1.54) is 6.20 Å². The first-order valence-electron chi connectivity index (χ1n) is 7.79. The lowest BCUT2D eigenvalue weighted by atomic mass is 10.2.